The molecule has 0 radical (unpaired) electrons. The van der Waals surface area contributed by atoms with Gasteiger partial charge in [0.15, 0.2) is 0 Å². The summed E-state index contributed by atoms with van der Waals surface area (Å²) < 4.78 is 0. The molecule has 1 amide bonds. The third-order valence-corrected chi connectivity index (χ3v) is 4.47. The molecule has 16 heavy (non-hydrogen) atoms. The molecule has 1 aromatic rings. The monoisotopic (exact) mass is 280 g/mol. The number of rotatable bonds is 5. The van der Waals surface area contributed by atoms with Crippen molar-refractivity contribution in [1.82, 2.24) is 10.3 Å². The summed E-state index contributed by atoms with van der Waals surface area (Å²) in [7, 11) is 0. The highest BCUT2D eigenvalue weighted by atomic mass is 35.5. The van der Waals surface area contributed by atoms with Gasteiger partial charge in [-0.15, -0.1) is 34.5 Å². The number of carbonyl (C=O) groups is 1. The number of nitrogens with zero attached hydrogens (tertiary/aromatic N) is 1. The van der Waals surface area contributed by atoms with Crippen molar-refractivity contribution in [2.75, 3.05) is 11.8 Å². The Balaban J connectivity index is 2.81. The standard InChI is InChI=1S/C10H14Cl2N2OS/c1-3-10(4-11,5-12)14-9(15)8-7(2)13-6-16-8/h6H,3-5H2,1-2H3,(H,14,15). The van der Waals surface area contributed by atoms with E-state index in [0.717, 1.165) is 5.69 Å². The number of amides is 1. The van der Waals surface area contributed by atoms with Gasteiger partial charge in [-0.3, -0.25) is 4.79 Å². The van der Waals surface area contributed by atoms with Gasteiger partial charge in [0.2, 0.25) is 0 Å². The van der Waals surface area contributed by atoms with Crippen LogP contribution in [0.2, 0.25) is 0 Å². The van der Waals surface area contributed by atoms with Crippen molar-refractivity contribution in [3.8, 4) is 0 Å². The average Bonchev–Trinajstić information content (AvgIpc) is 2.72. The second-order valence-electron chi connectivity index (χ2n) is 3.62. The van der Waals surface area contributed by atoms with Gasteiger partial charge in [0.05, 0.1) is 16.7 Å². The Kier molecular flexibility index (Phi) is 5.02. The summed E-state index contributed by atoms with van der Waals surface area (Å²) in [5, 5.41) is 2.89. The van der Waals surface area contributed by atoms with Crippen LogP contribution in [0.1, 0.15) is 28.7 Å². The van der Waals surface area contributed by atoms with Gasteiger partial charge in [-0.2, -0.15) is 0 Å². The van der Waals surface area contributed by atoms with Gasteiger partial charge in [0.1, 0.15) is 4.88 Å². The smallest absolute Gasteiger partial charge is 0.263 e. The number of aromatic nitrogens is 1. The molecule has 0 saturated heterocycles. The number of alkyl halides is 2. The fraction of sp³-hybridized carbons (Fsp3) is 0.600. The molecule has 1 N–H and O–H groups in total. The zero-order valence-electron chi connectivity index (χ0n) is 9.22. The third-order valence-electron chi connectivity index (χ3n) is 2.52. The van der Waals surface area contributed by atoms with Gasteiger partial charge < -0.3 is 5.32 Å². The Hall–Kier alpha value is -0.320. The van der Waals surface area contributed by atoms with Crippen LogP contribution in [0.25, 0.3) is 0 Å². The predicted molar refractivity (Wildman–Crippen MR) is 68.8 cm³/mol. The number of aryl methyl sites for hydroxylation is 1. The fourth-order valence-electron chi connectivity index (χ4n) is 1.20. The normalized spacial score (nSPS) is 11.5. The lowest BCUT2D eigenvalue weighted by atomic mass is 10.0. The lowest BCUT2D eigenvalue weighted by molar-refractivity contribution is 0.0917. The van der Waals surface area contributed by atoms with E-state index in [1.165, 1.54) is 11.3 Å². The van der Waals surface area contributed by atoms with Crippen molar-refractivity contribution in [1.29, 1.82) is 0 Å². The van der Waals surface area contributed by atoms with E-state index in [1.807, 2.05) is 6.92 Å². The van der Waals surface area contributed by atoms with Crippen LogP contribution in [-0.2, 0) is 0 Å². The summed E-state index contributed by atoms with van der Waals surface area (Å²) in [5.41, 5.74) is 1.85. The number of halogens is 2. The van der Waals surface area contributed by atoms with E-state index in [-0.39, 0.29) is 5.91 Å². The molecule has 0 saturated carbocycles. The third kappa shape index (κ3) is 2.87. The van der Waals surface area contributed by atoms with Crippen LogP contribution >= 0.6 is 34.5 Å². The summed E-state index contributed by atoms with van der Waals surface area (Å²) in [6.45, 7) is 3.75. The highest BCUT2D eigenvalue weighted by molar-refractivity contribution is 7.11. The highest BCUT2D eigenvalue weighted by Crippen LogP contribution is 2.18. The molecule has 0 bridgehead atoms. The Morgan fingerprint density at radius 2 is 2.19 bits per heavy atom. The minimum Gasteiger partial charge on any atom is -0.343 e. The second kappa shape index (κ2) is 5.84. The maximum absolute atomic E-state index is 12.0. The van der Waals surface area contributed by atoms with Crippen molar-refractivity contribution < 1.29 is 4.79 Å². The molecule has 1 rings (SSSR count). The number of hydrogen-bond donors (Lipinski definition) is 1. The largest absolute Gasteiger partial charge is 0.343 e. The van der Waals surface area contributed by atoms with Gasteiger partial charge >= 0.3 is 0 Å². The SMILES string of the molecule is CCC(CCl)(CCl)NC(=O)c1scnc1C. The zero-order chi connectivity index (χ0) is 12.2. The first-order valence-corrected chi connectivity index (χ1v) is 6.88. The number of hydrogen-bond acceptors (Lipinski definition) is 3. The van der Waals surface area contributed by atoms with Crippen LogP contribution in [0.3, 0.4) is 0 Å². The molecule has 90 valence electrons. The summed E-state index contributed by atoms with van der Waals surface area (Å²) in [6.07, 6.45) is 0.698. The first-order valence-electron chi connectivity index (χ1n) is 4.93. The van der Waals surface area contributed by atoms with Crippen LogP contribution in [-0.4, -0.2) is 28.2 Å². The molecule has 3 nitrogen and oxygen atoms in total. The van der Waals surface area contributed by atoms with Gasteiger partial charge in [0, 0.05) is 11.8 Å². The molecule has 0 aliphatic carbocycles. The van der Waals surface area contributed by atoms with Gasteiger partial charge in [-0.05, 0) is 13.3 Å². The predicted octanol–water partition coefficient (Wildman–Crippen LogP) is 2.81. The Labute approximate surface area is 109 Å². The Bertz CT molecular complexity index is 355. The van der Waals surface area contributed by atoms with E-state index in [4.69, 9.17) is 23.2 Å². The number of carbonyl (C=O) groups excluding carboxylic acids is 1. The molecular weight excluding hydrogens is 267 g/mol. The van der Waals surface area contributed by atoms with Gasteiger partial charge in [0.25, 0.3) is 5.91 Å². The molecule has 1 aromatic heterocycles. The van der Waals surface area contributed by atoms with Crippen molar-refractivity contribution in [2.45, 2.75) is 25.8 Å². The van der Waals surface area contributed by atoms with Crippen molar-refractivity contribution in [3.63, 3.8) is 0 Å². The number of nitrogens with one attached hydrogen (secondary N) is 1. The molecule has 1 heterocycles. The van der Waals surface area contributed by atoms with Crippen molar-refractivity contribution >= 4 is 40.4 Å². The maximum Gasteiger partial charge on any atom is 0.263 e. The molecule has 0 fully saturated rings. The molecule has 0 unspecified atom stereocenters. The van der Waals surface area contributed by atoms with Crippen molar-refractivity contribution in [2.24, 2.45) is 0 Å². The Morgan fingerprint density at radius 3 is 2.56 bits per heavy atom. The van der Waals surface area contributed by atoms with Gasteiger partial charge in [-0.1, -0.05) is 6.92 Å². The van der Waals surface area contributed by atoms with Crippen LogP contribution in [0.5, 0.6) is 0 Å². The minimum atomic E-state index is -0.531. The molecular formula is C10H14Cl2N2OS. The van der Waals surface area contributed by atoms with E-state index in [1.54, 1.807) is 12.4 Å². The van der Waals surface area contributed by atoms with Crippen LogP contribution in [0.4, 0.5) is 0 Å². The van der Waals surface area contributed by atoms with Crippen molar-refractivity contribution in [3.05, 3.63) is 16.1 Å². The second-order valence-corrected chi connectivity index (χ2v) is 5.01. The summed E-state index contributed by atoms with van der Waals surface area (Å²) in [4.78, 5) is 16.6. The topological polar surface area (TPSA) is 42.0 Å². The van der Waals surface area contributed by atoms with Crippen LogP contribution in [0, 0.1) is 6.92 Å². The van der Waals surface area contributed by atoms with Gasteiger partial charge in [-0.25, -0.2) is 4.98 Å². The van der Waals surface area contributed by atoms with E-state index in [9.17, 15) is 4.79 Å². The average molecular weight is 281 g/mol. The maximum atomic E-state index is 12.0. The summed E-state index contributed by atoms with van der Waals surface area (Å²) >= 11 is 13.0. The lowest BCUT2D eigenvalue weighted by Gasteiger charge is -2.29. The fourth-order valence-corrected chi connectivity index (χ4v) is 2.69. The summed E-state index contributed by atoms with van der Waals surface area (Å²) in [6, 6.07) is 0. The quantitative estimate of drug-likeness (QED) is 0.843. The molecule has 0 spiro atoms. The molecule has 0 aliphatic heterocycles. The molecule has 6 heteroatoms. The van der Waals surface area contributed by atoms with E-state index in [0.29, 0.717) is 23.1 Å². The highest BCUT2D eigenvalue weighted by Gasteiger charge is 2.29. The first-order chi connectivity index (χ1) is 7.58. The zero-order valence-corrected chi connectivity index (χ0v) is 11.5. The molecule has 0 aliphatic rings. The molecule has 0 atom stereocenters. The lowest BCUT2D eigenvalue weighted by Crippen LogP contribution is -2.51. The Morgan fingerprint density at radius 1 is 1.56 bits per heavy atom. The van der Waals surface area contributed by atoms with Crippen LogP contribution in [0.15, 0.2) is 5.51 Å². The van der Waals surface area contributed by atoms with Crippen LogP contribution < -0.4 is 5.32 Å². The summed E-state index contributed by atoms with van der Waals surface area (Å²) in [5.74, 6) is 0.454. The molecule has 0 aromatic carbocycles. The number of thiazole rings is 1. The minimum absolute atomic E-state index is 0.150. The van der Waals surface area contributed by atoms with E-state index < -0.39 is 5.54 Å². The van der Waals surface area contributed by atoms with E-state index >= 15 is 0 Å². The van der Waals surface area contributed by atoms with E-state index in [2.05, 4.69) is 10.3 Å². The first kappa shape index (κ1) is 13.7.